The molecule has 2 aromatic rings. The number of ether oxygens (including phenoxy) is 1. The molecule has 2 heterocycles. The Balaban J connectivity index is 1.78. The van der Waals surface area contributed by atoms with Gasteiger partial charge in [0, 0.05) is 23.8 Å². The van der Waals surface area contributed by atoms with E-state index in [0.717, 1.165) is 5.69 Å². The molecule has 0 spiro atoms. The predicted octanol–water partition coefficient (Wildman–Crippen LogP) is 3.30. The Morgan fingerprint density at radius 3 is 2.81 bits per heavy atom. The van der Waals surface area contributed by atoms with E-state index >= 15 is 0 Å². The molecule has 0 bridgehead atoms. The van der Waals surface area contributed by atoms with Gasteiger partial charge in [0.05, 0.1) is 23.9 Å². The molecule has 7 heteroatoms. The number of amides is 1. The van der Waals surface area contributed by atoms with Gasteiger partial charge >= 0.3 is 0 Å². The maximum atomic E-state index is 12.8. The number of para-hydroxylation sites is 2. The Bertz CT molecular complexity index is 902. The number of fused-ring (bicyclic) bond motifs is 1. The van der Waals surface area contributed by atoms with Crippen LogP contribution >= 0.6 is 11.8 Å². The van der Waals surface area contributed by atoms with Crippen molar-refractivity contribution in [2.45, 2.75) is 44.8 Å². The first-order chi connectivity index (χ1) is 12.8. The quantitative estimate of drug-likeness (QED) is 0.815. The van der Waals surface area contributed by atoms with E-state index in [1.807, 2.05) is 52.0 Å². The zero-order valence-electron chi connectivity index (χ0n) is 16.1. The van der Waals surface area contributed by atoms with Crippen molar-refractivity contribution in [2.24, 2.45) is 5.92 Å². The number of nitrogens with zero attached hydrogens (tertiary/aromatic N) is 2. The highest BCUT2D eigenvalue weighted by Gasteiger charge is 2.29. The number of carbonyl (C=O) groups is 1. The zero-order chi connectivity index (χ0) is 19.6. The predicted molar refractivity (Wildman–Crippen MR) is 108 cm³/mol. The van der Waals surface area contributed by atoms with Crippen LogP contribution in [-0.4, -0.2) is 27.8 Å². The molecule has 0 fully saturated rings. The van der Waals surface area contributed by atoms with Crippen LogP contribution in [0.25, 0.3) is 0 Å². The number of rotatable bonds is 4. The number of nitrogens with one attached hydrogen (secondary N) is 1. The topological polar surface area (TPSA) is 73.2 Å². The van der Waals surface area contributed by atoms with E-state index in [1.165, 1.54) is 11.8 Å². The second-order valence-electron chi connectivity index (χ2n) is 7.55. The van der Waals surface area contributed by atoms with Crippen LogP contribution in [-0.2, 0) is 16.8 Å². The lowest BCUT2D eigenvalue weighted by Gasteiger charge is -2.26. The summed E-state index contributed by atoms with van der Waals surface area (Å²) in [4.78, 5) is 29.9. The van der Waals surface area contributed by atoms with Crippen LogP contribution in [0.15, 0.2) is 40.3 Å². The van der Waals surface area contributed by atoms with Crippen LogP contribution in [0.5, 0.6) is 5.75 Å². The first kappa shape index (κ1) is 19.5. The van der Waals surface area contributed by atoms with Crippen LogP contribution in [0.2, 0.25) is 0 Å². The van der Waals surface area contributed by atoms with Crippen molar-refractivity contribution < 1.29 is 9.53 Å². The van der Waals surface area contributed by atoms with E-state index in [1.54, 1.807) is 10.6 Å². The fraction of sp³-hybridized carbons (Fsp3) is 0.450. The van der Waals surface area contributed by atoms with Crippen LogP contribution in [0.1, 0.15) is 33.4 Å². The van der Waals surface area contributed by atoms with E-state index in [-0.39, 0.29) is 22.8 Å². The van der Waals surface area contributed by atoms with Crippen LogP contribution in [0.4, 0.5) is 5.69 Å². The molecule has 1 N–H and O–H groups in total. The monoisotopic (exact) mass is 387 g/mol. The Labute approximate surface area is 163 Å². The van der Waals surface area contributed by atoms with Crippen molar-refractivity contribution in [2.75, 3.05) is 17.7 Å². The first-order valence-electron chi connectivity index (χ1n) is 9.07. The first-order valence-corrected chi connectivity index (χ1v) is 10.1. The summed E-state index contributed by atoms with van der Waals surface area (Å²) in [5.74, 6) is 0.804. The molecule has 1 aliphatic rings. The average Bonchev–Trinajstić information content (AvgIpc) is 2.62. The van der Waals surface area contributed by atoms with E-state index in [0.29, 0.717) is 35.5 Å². The standard InChI is InChI=1S/C20H25N3O3S/c1-5-26-15-9-7-6-8-14(15)21-18(25)13-11-23-17(24)10-16(20(2,3)4)22-19(23)27-12-13/h6-10,13H,5,11-12H2,1-4H3,(H,21,25)/t13-/m1/s1. The minimum absolute atomic E-state index is 0.107. The molecule has 1 amide bonds. The van der Waals surface area contributed by atoms with Gasteiger partial charge in [-0.2, -0.15) is 0 Å². The van der Waals surface area contributed by atoms with Gasteiger partial charge in [-0.05, 0) is 19.1 Å². The summed E-state index contributed by atoms with van der Waals surface area (Å²) in [6.45, 7) is 8.86. The van der Waals surface area contributed by atoms with Gasteiger partial charge in [-0.3, -0.25) is 14.2 Å². The number of anilines is 1. The molecule has 1 atom stereocenters. The largest absolute Gasteiger partial charge is 0.492 e. The van der Waals surface area contributed by atoms with Gasteiger partial charge in [-0.1, -0.05) is 44.7 Å². The highest BCUT2D eigenvalue weighted by Crippen LogP contribution is 2.30. The lowest BCUT2D eigenvalue weighted by atomic mass is 9.92. The molecule has 1 aromatic carbocycles. The summed E-state index contributed by atoms with van der Waals surface area (Å²) in [5, 5.41) is 3.62. The number of hydrogen-bond acceptors (Lipinski definition) is 5. The van der Waals surface area contributed by atoms with Crippen molar-refractivity contribution in [1.82, 2.24) is 9.55 Å². The summed E-state index contributed by atoms with van der Waals surface area (Å²) >= 11 is 1.45. The second-order valence-corrected chi connectivity index (χ2v) is 8.54. The van der Waals surface area contributed by atoms with E-state index < -0.39 is 0 Å². The highest BCUT2D eigenvalue weighted by molar-refractivity contribution is 7.99. The number of benzene rings is 1. The Morgan fingerprint density at radius 1 is 1.37 bits per heavy atom. The summed E-state index contributed by atoms with van der Waals surface area (Å²) in [5.41, 5.74) is 1.13. The van der Waals surface area contributed by atoms with Crippen LogP contribution in [0, 0.1) is 5.92 Å². The van der Waals surface area contributed by atoms with Crippen LogP contribution < -0.4 is 15.6 Å². The van der Waals surface area contributed by atoms with Crippen molar-refractivity contribution in [3.8, 4) is 5.75 Å². The number of hydrogen-bond donors (Lipinski definition) is 1. The minimum atomic E-state index is -0.308. The van der Waals surface area contributed by atoms with Gasteiger partial charge < -0.3 is 10.1 Å². The summed E-state index contributed by atoms with van der Waals surface area (Å²) < 4.78 is 7.16. The molecule has 0 unspecified atom stereocenters. The lowest BCUT2D eigenvalue weighted by Crippen LogP contribution is -2.37. The summed E-state index contributed by atoms with van der Waals surface area (Å²) in [7, 11) is 0. The summed E-state index contributed by atoms with van der Waals surface area (Å²) in [6, 6.07) is 8.94. The number of carbonyl (C=O) groups excluding carboxylic acids is 1. The van der Waals surface area contributed by atoms with Gasteiger partial charge in [-0.15, -0.1) is 0 Å². The SMILES string of the molecule is CCOc1ccccc1NC(=O)[C@H]1CSc2nc(C(C)(C)C)cc(=O)n2C1. The smallest absolute Gasteiger partial charge is 0.254 e. The summed E-state index contributed by atoms with van der Waals surface area (Å²) in [6.07, 6.45) is 0. The Kier molecular flexibility index (Phi) is 5.60. The van der Waals surface area contributed by atoms with Crippen LogP contribution in [0.3, 0.4) is 0 Å². The third-order valence-electron chi connectivity index (χ3n) is 4.37. The van der Waals surface area contributed by atoms with Gasteiger partial charge in [0.25, 0.3) is 5.56 Å². The Hall–Kier alpha value is -2.28. The molecule has 3 rings (SSSR count). The Morgan fingerprint density at radius 2 is 2.11 bits per heavy atom. The van der Waals surface area contributed by atoms with Crippen molar-refractivity contribution in [3.05, 3.63) is 46.4 Å². The third-order valence-corrected chi connectivity index (χ3v) is 5.51. The van der Waals surface area contributed by atoms with Crippen molar-refractivity contribution in [1.29, 1.82) is 0 Å². The molecule has 0 saturated heterocycles. The average molecular weight is 388 g/mol. The van der Waals surface area contributed by atoms with Gasteiger partial charge in [-0.25, -0.2) is 4.98 Å². The molecule has 0 aliphatic carbocycles. The maximum Gasteiger partial charge on any atom is 0.254 e. The van der Waals surface area contributed by atoms with Gasteiger partial charge in [0.2, 0.25) is 5.91 Å². The van der Waals surface area contributed by atoms with E-state index in [2.05, 4.69) is 10.3 Å². The zero-order valence-corrected chi connectivity index (χ0v) is 16.9. The van der Waals surface area contributed by atoms with Crippen molar-refractivity contribution in [3.63, 3.8) is 0 Å². The fourth-order valence-corrected chi connectivity index (χ4v) is 3.93. The minimum Gasteiger partial charge on any atom is -0.492 e. The third kappa shape index (κ3) is 4.35. The van der Waals surface area contributed by atoms with E-state index in [9.17, 15) is 9.59 Å². The second kappa shape index (κ2) is 7.76. The molecule has 0 saturated carbocycles. The normalized spacial score (nSPS) is 16.5. The maximum absolute atomic E-state index is 12.8. The molecule has 1 aliphatic heterocycles. The van der Waals surface area contributed by atoms with Gasteiger partial charge in [0.1, 0.15) is 5.75 Å². The number of aromatic nitrogens is 2. The lowest BCUT2D eigenvalue weighted by molar-refractivity contribution is -0.119. The molecule has 1 aromatic heterocycles. The molecule has 27 heavy (non-hydrogen) atoms. The van der Waals surface area contributed by atoms with Gasteiger partial charge in [0.15, 0.2) is 5.16 Å². The molecule has 0 radical (unpaired) electrons. The highest BCUT2D eigenvalue weighted by atomic mass is 32.2. The molecule has 6 nitrogen and oxygen atoms in total. The molecule has 144 valence electrons. The fourth-order valence-electron chi connectivity index (χ4n) is 2.84. The number of thioether (sulfide) groups is 1. The molecular weight excluding hydrogens is 362 g/mol. The van der Waals surface area contributed by atoms with E-state index in [4.69, 9.17) is 4.74 Å². The van der Waals surface area contributed by atoms with Crippen molar-refractivity contribution >= 4 is 23.4 Å². The molecular formula is C20H25N3O3S.